The lowest BCUT2D eigenvalue weighted by Gasteiger charge is -2.13. The largest absolute Gasteiger partial charge is 0.495 e. The van der Waals surface area contributed by atoms with E-state index < -0.39 is 16.1 Å². The Hall–Kier alpha value is -1.31. The van der Waals surface area contributed by atoms with Crippen molar-refractivity contribution in [2.24, 2.45) is 0 Å². The molecule has 0 saturated carbocycles. The predicted molar refractivity (Wildman–Crippen MR) is 68.9 cm³/mol. The summed E-state index contributed by atoms with van der Waals surface area (Å²) in [5, 5.41) is 9.37. The van der Waals surface area contributed by atoms with Gasteiger partial charge in [0, 0.05) is 12.2 Å². The van der Waals surface area contributed by atoms with Gasteiger partial charge in [-0.25, -0.2) is 13.1 Å². The van der Waals surface area contributed by atoms with Crippen LogP contribution in [0.15, 0.2) is 23.1 Å². The molecule has 4 N–H and O–H groups in total. The molecule has 0 radical (unpaired) electrons. The molecule has 0 spiro atoms. The van der Waals surface area contributed by atoms with Crippen molar-refractivity contribution >= 4 is 15.7 Å². The van der Waals surface area contributed by atoms with Crippen LogP contribution in [0.2, 0.25) is 0 Å². The van der Waals surface area contributed by atoms with Crippen LogP contribution in [-0.2, 0) is 10.0 Å². The topological polar surface area (TPSA) is 102 Å². The fourth-order valence-corrected chi connectivity index (χ4v) is 2.61. The maximum atomic E-state index is 12.0. The first kappa shape index (κ1) is 14.7. The highest BCUT2D eigenvalue weighted by Gasteiger charge is 2.20. The molecule has 102 valence electrons. The average molecular weight is 274 g/mol. The Balaban J connectivity index is 3.00. The summed E-state index contributed by atoms with van der Waals surface area (Å²) >= 11 is 0. The minimum Gasteiger partial charge on any atom is -0.495 e. The van der Waals surface area contributed by atoms with Gasteiger partial charge < -0.3 is 15.6 Å². The van der Waals surface area contributed by atoms with Crippen molar-refractivity contribution in [3.63, 3.8) is 0 Å². The maximum absolute atomic E-state index is 12.0. The molecule has 0 fully saturated rings. The molecule has 0 heterocycles. The number of nitrogens with one attached hydrogen (secondary N) is 1. The Kier molecular flexibility index (Phi) is 4.94. The van der Waals surface area contributed by atoms with Crippen LogP contribution in [0.25, 0.3) is 0 Å². The zero-order valence-electron chi connectivity index (χ0n) is 10.4. The second-order valence-electron chi connectivity index (χ2n) is 3.82. The Morgan fingerprint density at radius 3 is 2.72 bits per heavy atom. The molecule has 0 aliphatic heterocycles. The Labute approximate surface area is 107 Å². The number of aliphatic hydroxyl groups excluding tert-OH is 1. The zero-order valence-corrected chi connectivity index (χ0v) is 11.2. The van der Waals surface area contributed by atoms with Crippen LogP contribution < -0.4 is 15.2 Å². The number of sulfonamides is 1. The van der Waals surface area contributed by atoms with Gasteiger partial charge in [0.2, 0.25) is 10.0 Å². The molecule has 0 amide bonds. The van der Waals surface area contributed by atoms with Crippen molar-refractivity contribution in [2.45, 2.75) is 24.3 Å². The van der Waals surface area contributed by atoms with Gasteiger partial charge in [-0.05, 0) is 24.6 Å². The highest BCUT2D eigenvalue weighted by atomic mass is 32.2. The van der Waals surface area contributed by atoms with Crippen LogP contribution in [0.4, 0.5) is 5.69 Å². The summed E-state index contributed by atoms with van der Waals surface area (Å²) in [7, 11) is -2.37. The summed E-state index contributed by atoms with van der Waals surface area (Å²) in [5.41, 5.74) is 5.89. The molecule has 1 unspecified atom stereocenters. The highest BCUT2D eigenvalue weighted by molar-refractivity contribution is 7.89. The van der Waals surface area contributed by atoms with Crippen LogP contribution in [0.5, 0.6) is 5.75 Å². The summed E-state index contributed by atoms with van der Waals surface area (Å²) < 4.78 is 31.4. The van der Waals surface area contributed by atoms with Crippen molar-refractivity contribution in [1.29, 1.82) is 0 Å². The highest BCUT2D eigenvalue weighted by Crippen LogP contribution is 2.25. The van der Waals surface area contributed by atoms with Crippen molar-refractivity contribution in [1.82, 2.24) is 4.72 Å². The second kappa shape index (κ2) is 6.03. The molecule has 0 aliphatic rings. The van der Waals surface area contributed by atoms with Gasteiger partial charge in [0.25, 0.3) is 0 Å². The second-order valence-corrected chi connectivity index (χ2v) is 5.56. The van der Waals surface area contributed by atoms with E-state index in [4.69, 9.17) is 10.5 Å². The number of anilines is 1. The smallest absolute Gasteiger partial charge is 0.244 e. The minimum atomic E-state index is -3.75. The lowest BCUT2D eigenvalue weighted by Crippen LogP contribution is -2.32. The third kappa shape index (κ3) is 3.59. The molecule has 0 aliphatic carbocycles. The van der Waals surface area contributed by atoms with Gasteiger partial charge >= 0.3 is 0 Å². The van der Waals surface area contributed by atoms with Crippen LogP contribution >= 0.6 is 0 Å². The van der Waals surface area contributed by atoms with Crippen LogP contribution in [0.3, 0.4) is 0 Å². The van der Waals surface area contributed by atoms with E-state index in [2.05, 4.69) is 4.72 Å². The van der Waals surface area contributed by atoms with Crippen LogP contribution in [0.1, 0.15) is 13.3 Å². The van der Waals surface area contributed by atoms with Gasteiger partial charge in [0.1, 0.15) is 10.6 Å². The molecule has 1 aromatic rings. The van der Waals surface area contributed by atoms with E-state index in [1.807, 2.05) is 0 Å². The quantitative estimate of drug-likeness (QED) is 0.649. The Morgan fingerprint density at radius 2 is 2.17 bits per heavy atom. The third-order valence-corrected chi connectivity index (χ3v) is 3.90. The molecule has 7 heteroatoms. The molecule has 0 bridgehead atoms. The first-order valence-electron chi connectivity index (χ1n) is 5.52. The number of benzene rings is 1. The van der Waals surface area contributed by atoms with E-state index in [0.29, 0.717) is 12.1 Å². The number of nitrogens with two attached hydrogens (primary N) is 1. The Bertz CT molecular complexity index is 502. The van der Waals surface area contributed by atoms with Gasteiger partial charge in [-0.1, -0.05) is 6.92 Å². The molecule has 1 atom stereocenters. The molecule has 6 nitrogen and oxygen atoms in total. The molecule has 0 aromatic heterocycles. The number of rotatable bonds is 6. The van der Waals surface area contributed by atoms with E-state index in [-0.39, 0.29) is 17.2 Å². The predicted octanol–water partition coefficient (Wildman–Crippen LogP) is 0.327. The number of methoxy groups -OCH3 is 1. The number of aliphatic hydroxyl groups is 1. The standard InChI is InChI=1S/C11H18N2O4S/c1-3-9(14)7-13-18(15,16)11-6-8(12)4-5-10(11)17-2/h4-6,9,13-14H,3,7,12H2,1-2H3. The zero-order chi connectivity index (χ0) is 13.8. The van der Waals surface area contributed by atoms with Crippen molar-refractivity contribution in [3.05, 3.63) is 18.2 Å². The van der Waals surface area contributed by atoms with E-state index in [1.165, 1.54) is 19.2 Å². The number of ether oxygens (including phenoxy) is 1. The SMILES string of the molecule is CCC(O)CNS(=O)(=O)c1cc(N)ccc1OC. The van der Waals surface area contributed by atoms with E-state index in [1.54, 1.807) is 13.0 Å². The van der Waals surface area contributed by atoms with Crippen LogP contribution in [-0.4, -0.2) is 33.3 Å². The lowest BCUT2D eigenvalue weighted by atomic mass is 10.3. The maximum Gasteiger partial charge on any atom is 0.244 e. The minimum absolute atomic E-state index is 0.0340. The number of nitrogen functional groups attached to an aromatic ring is 1. The van der Waals surface area contributed by atoms with Gasteiger partial charge in [0.05, 0.1) is 13.2 Å². The molecule has 1 aromatic carbocycles. The number of hydrogen-bond donors (Lipinski definition) is 3. The summed E-state index contributed by atoms with van der Waals surface area (Å²) in [4.78, 5) is -0.0340. The molecule has 1 rings (SSSR count). The Morgan fingerprint density at radius 1 is 1.50 bits per heavy atom. The van der Waals surface area contributed by atoms with E-state index in [0.717, 1.165) is 0 Å². The summed E-state index contributed by atoms with van der Waals surface area (Å²) in [6, 6.07) is 4.36. The monoisotopic (exact) mass is 274 g/mol. The fourth-order valence-electron chi connectivity index (χ4n) is 1.33. The van der Waals surface area contributed by atoms with E-state index >= 15 is 0 Å². The first-order chi connectivity index (χ1) is 8.40. The van der Waals surface area contributed by atoms with Crippen molar-refractivity contribution < 1.29 is 18.3 Å². The first-order valence-corrected chi connectivity index (χ1v) is 7.00. The lowest BCUT2D eigenvalue weighted by molar-refractivity contribution is 0.174. The fraction of sp³-hybridized carbons (Fsp3) is 0.455. The number of hydrogen-bond acceptors (Lipinski definition) is 5. The van der Waals surface area contributed by atoms with Crippen LogP contribution in [0, 0.1) is 0 Å². The van der Waals surface area contributed by atoms with Crippen molar-refractivity contribution in [2.75, 3.05) is 19.4 Å². The van der Waals surface area contributed by atoms with E-state index in [9.17, 15) is 13.5 Å². The summed E-state index contributed by atoms with van der Waals surface area (Å²) in [6.45, 7) is 1.72. The summed E-state index contributed by atoms with van der Waals surface area (Å²) in [6.07, 6.45) is -0.247. The van der Waals surface area contributed by atoms with Gasteiger partial charge in [0.15, 0.2) is 0 Å². The average Bonchev–Trinajstić information content (AvgIpc) is 2.36. The third-order valence-electron chi connectivity index (χ3n) is 2.46. The molecular formula is C11H18N2O4S. The molecular weight excluding hydrogens is 256 g/mol. The normalized spacial score (nSPS) is 13.3. The van der Waals surface area contributed by atoms with Crippen molar-refractivity contribution in [3.8, 4) is 5.75 Å². The molecule has 18 heavy (non-hydrogen) atoms. The summed E-state index contributed by atoms with van der Waals surface area (Å²) in [5.74, 6) is 0.211. The van der Waals surface area contributed by atoms with Gasteiger partial charge in [-0.15, -0.1) is 0 Å². The van der Waals surface area contributed by atoms with Gasteiger partial charge in [-0.2, -0.15) is 0 Å². The van der Waals surface area contributed by atoms with Gasteiger partial charge in [-0.3, -0.25) is 0 Å². The molecule has 0 saturated heterocycles.